The lowest BCUT2D eigenvalue weighted by atomic mass is 9.99. The summed E-state index contributed by atoms with van der Waals surface area (Å²) in [4.78, 5) is 12.6. The molecule has 1 unspecified atom stereocenters. The molecule has 4 rings (SSSR count). The van der Waals surface area contributed by atoms with E-state index in [2.05, 4.69) is 82.0 Å². The molecule has 0 amide bonds. The Balaban J connectivity index is 1.85. The van der Waals surface area contributed by atoms with Crippen LogP contribution in [0, 0.1) is 5.92 Å². The number of hydrogen-bond acceptors (Lipinski definition) is 3. The molecule has 0 saturated carbocycles. The molecular formula is C25H26Cl2N4. The van der Waals surface area contributed by atoms with Crippen LogP contribution < -0.4 is 0 Å². The van der Waals surface area contributed by atoms with Crippen molar-refractivity contribution in [3.63, 3.8) is 0 Å². The molecule has 2 heterocycles. The molecule has 0 N–H and O–H groups in total. The smallest absolute Gasteiger partial charge is 0.227 e. The SMILES string of the molecule is CCCCC(CC)Cn1cc(-c2nc(Cl)nc(Cl)n2)c2cc(-c3ccccc3)ccc21. The lowest BCUT2D eigenvalue weighted by molar-refractivity contribution is 0.396. The van der Waals surface area contributed by atoms with E-state index in [0.29, 0.717) is 11.7 Å². The quantitative estimate of drug-likeness (QED) is 0.275. The highest BCUT2D eigenvalue weighted by atomic mass is 35.5. The van der Waals surface area contributed by atoms with Gasteiger partial charge >= 0.3 is 0 Å². The standard InChI is InChI=1S/C25H26Cl2N4/c1-3-5-9-17(4-2)15-31-16-21(23-28-24(26)30-25(27)29-23)20-14-19(12-13-22(20)31)18-10-7-6-8-11-18/h6-8,10-14,16-17H,3-5,9,15H2,1-2H3. The van der Waals surface area contributed by atoms with E-state index in [1.807, 2.05) is 6.07 Å². The molecule has 0 fully saturated rings. The summed E-state index contributed by atoms with van der Waals surface area (Å²) in [5.74, 6) is 1.13. The van der Waals surface area contributed by atoms with Gasteiger partial charge in [0.25, 0.3) is 0 Å². The minimum atomic E-state index is 0.101. The van der Waals surface area contributed by atoms with Crippen LogP contribution in [0.25, 0.3) is 33.4 Å². The number of halogens is 2. The Kier molecular flexibility index (Phi) is 6.89. The van der Waals surface area contributed by atoms with Crippen molar-refractivity contribution < 1.29 is 0 Å². The first kappa shape index (κ1) is 21.8. The third kappa shape index (κ3) is 4.91. The Hall–Kier alpha value is -2.43. The highest BCUT2D eigenvalue weighted by molar-refractivity contribution is 6.31. The fraction of sp³-hybridized carbons (Fsp3) is 0.320. The minimum Gasteiger partial charge on any atom is -0.346 e. The van der Waals surface area contributed by atoms with Gasteiger partial charge in [-0.1, -0.05) is 69.5 Å². The van der Waals surface area contributed by atoms with E-state index < -0.39 is 0 Å². The van der Waals surface area contributed by atoms with Gasteiger partial charge in [0, 0.05) is 29.2 Å². The summed E-state index contributed by atoms with van der Waals surface area (Å²) in [7, 11) is 0. The monoisotopic (exact) mass is 452 g/mol. The van der Waals surface area contributed by atoms with Gasteiger partial charge in [0.1, 0.15) is 0 Å². The zero-order valence-corrected chi connectivity index (χ0v) is 19.4. The third-order valence-corrected chi connectivity index (χ3v) is 6.15. The van der Waals surface area contributed by atoms with Crippen LogP contribution in [0.3, 0.4) is 0 Å². The summed E-state index contributed by atoms with van der Waals surface area (Å²) in [5, 5.41) is 1.29. The van der Waals surface area contributed by atoms with Crippen LogP contribution in [0.2, 0.25) is 10.6 Å². The van der Waals surface area contributed by atoms with Crippen LogP contribution in [-0.2, 0) is 6.54 Å². The molecule has 4 aromatic rings. The van der Waals surface area contributed by atoms with Gasteiger partial charge in [-0.15, -0.1) is 0 Å². The van der Waals surface area contributed by atoms with Gasteiger partial charge in [-0.2, -0.15) is 15.0 Å². The molecular weight excluding hydrogens is 427 g/mol. The molecule has 31 heavy (non-hydrogen) atoms. The van der Waals surface area contributed by atoms with E-state index in [4.69, 9.17) is 23.2 Å². The summed E-state index contributed by atoms with van der Waals surface area (Å²) in [6.07, 6.45) is 6.99. The number of aromatic nitrogens is 4. The van der Waals surface area contributed by atoms with Crippen LogP contribution in [0.15, 0.2) is 54.7 Å². The molecule has 4 nitrogen and oxygen atoms in total. The van der Waals surface area contributed by atoms with Crippen molar-refractivity contribution in [2.75, 3.05) is 0 Å². The van der Waals surface area contributed by atoms with Crippen LogP contribution in [0.4, 0.5) is 0 Å². The molecule has 0 radical (unpaired) electrons. The second-order valence-electron chi connectivity index (χ2n) is 7.91. The van der Waals surface area contributed by atoms with Crippen LogP contribution in [0.1, 0.15) is 39.5 Å². The van der Waals surface area contributed by atoms with E-state index in [-0.39, 0.29) is 10.6 Å². The van der Waals surface area contributed by atoms with Crippen molar-refractivity contribution in [2.45, 2.75) is 46.1 Å². The third-order valence-electron chi connectivity index (χ3n) is 5.81. The molecule has 0 saturated heterocycles. The highest BCUT2D eigenvalue weighted by Gasteiger charge is 2.17. The van der Waals surface area contributed by atoms with Crippen LogP contribution in [-0.4, -0.2) is 19.5 Å². The Morgan fingerprint density at radius 2 is 1.65 bits per heavy atom. The second kappa shape index (κ2) is 9.80. The number of nitrogens with zero attached hydrogens (tertiary/aromatic N) is 4. The van der Waals surface area contributed by atoms with Crippen molar-refractivity contribution in [1.29, 1.82) is 0 Å². The molecule has 0 aliphatic heterocycles. The van der Waals surface area contributed by atoms with Gasteiger partial charge in [-0.3, -0.25) is 0 Å². The second-order valence-corrected chi connectivity index (χ2v) is 8.58. The fourth-order valence-electron chi connectivity index (χ4n) is 4.08. The zero-order chi connectivity index (χ0) is 21.8. The average molecular weight is 453 g/mol. The lowest BCUT2D eigenvalue weighted by Crippen LogP contribution is -2.09. The minimum absolute atomic E-state index is 0.101. The van der Waals surface area contributed by atoms with Gasteiger partial charge in [0.05, 0.1) is 0 Å². The van der Waals surface area contributed by atoms with Gasteiger partial charge < -0.3 is 4.57 Å². The number of hydrogen-bond donors (Lipinski definition) is 0. The molecule has 6 heteroatoms. The van der Waals surface area contributed by atoms with E-state index in [0.717, 1.165) is 35.0 Å². The largest absolute Gasteiger partial charge is 0.346 e. The van der Waals surface area contributed by atoms with Gasteiger partial charge in [-0.05, 0) is 58.8 Å². The van der Waals surface area contributed by atoms with Gasteiger partial charge in [0.15, 0.2) is 5.82 Å². The molecule has 2 aromatic heterocycles. The van der Waals surface area contributed by atoms with Crippen LogP contribution >= 0.6 is 23.2 Å². The topological polar surface area (TPSA) is 43.6 Å². The summed E-state index contributed by atoms with van der Waals surface area (Å²) >= 11 is 12.2. The first-order valence-electron chi connectivity index (χ1n) is 10.8. The predicted molar refractivity (Wildman–Crippen MR) is 130 cm³/mol. The maximum atomic E-state index is 6.10. The fourth-order valence-corrected chi connectivity index (χ4v) is 4.44. The molecule has 0 aliphatic carbocycles. The predicted octanol–water partition coefficient (Wildman–Crippen LogP) is 7.68. The molecule has 0 bridgehead atoms. The number of benzene rings is 2. The molecule has 1 atom stereocenters. The number of unbranched alkanes of at least 4 members (excludes halogenated alkanes) is 1. The van der Waals surface area contributed by atoms with Crippen molar-refractivity contribution >= 4 is 34.1 Å². The molecule has 0 aliphatic rings. The molecule has 2 aromatic carbocycles. The number of rotatable bonds is 8. The van der Waals surface area contributed by atoms with Crippen molar-refractivity contribution in [2.24, 2.45) is 5.92 Å². The molecule has 0 spiro atoms. The van der Waals surface area contributed by atoms with Gasteiger partial charge in [-0.25, -0.2) is 0 Å². The normalized spacial score (nSPS) is 12.4. The van der Waals surface area contributed by atoms with E-state index >= 15 is 0 Å². The Morgan fingerprint density at radius 3 is 2.32 bits per heavy atom. The zero-order valence-electron chi connectivity index (χ0n) is 17.9. The Labute approximate surface area is 193 Å². The maximum absolute atomic E-state index is 6.10. The molecule has 160 valence electrons. The summed E-state index contributed by atoms with van der Waals surface area (Å²) in [6.45, 7) is 5.48. The first-order chi connectivity index (χ1) is 15.1. The Morgan fingerprint density at radius 1 is 0.903 bits per heavy atom. The Bertz CT molecular complexity index is 1150. The first-order valence-corrected chi connectivity index (χ1v) is 11.6. The van der Waals surface area contributed by atoms with Crippen LogP contribution in [0.5, 0.6) is 0 Å². The van der Waals surface area contributed by atoms with Crippen molar-refractivity contribution in [3.05, 3.63) is 65.3 Å². The maximum Gasteiger partial charge on any atom is 0.227 e. The number of fused-ring (bicyclic) bond motifs is 1. The van der Waals surface area contributed by atoms with Gasteiger partial charge in [0.2, 0.25) is 10.6 Å². The summed E-state index contributed by atoms with van der Waals surface area (Å²) in [5.41, 5.74) is 4.40. The van der Waals surface area contributed by atoms with Crippen molar-refractivity contribution in [3.8, 4) is 22.5 Å². The lowest BCUT2D eigenvalue weighted by Gasteiger charge is -2.16. The summed E-state index contributed by atoms with van der Waals surface area (Å²) < 4.78 is 2.33. The average Bonchev–Trinajstić information content (AvgIpc) is 3.14. The highest BCUT2D eigenvalue weighted by Crippen LogP contribution is 2.34. The van der Waals surface area contributed by atoms with E-state index in [1.165, 1.54) is 24.8 Å². The van der Waals surface area contributed by atoms with E-state index in [1.54, 1.807) is 0 Å². The van der Waals surface area contributed by atoms with E-state index in [9.17, 15) is 0 Å². The summed E-state index contributed by atoms with van der Waals surface area (Å²) in [6, 6.07) is 16.9. The van der Waals surface area contributed by atoms with Crippen molar-refractivity contribution in [1.82, 2.24) is 19.5 Å².